The molecule has 23 heavy (non-hydrogen) atoms. The summed E-state index contributed by atoms with van der Waals surface area (Å²) in [6, 6.07) is 6.58. The largest absolute Gasteiger partial charge is 0.295 e. The maximum absolute atomic E-state index is 12.7. The van der Waals surface area contributed by atoms with E-state index in [9.17, 15) is 14.9 Å². The molecule has 0 aromatic heterocycles. The molecule has 0 saturated heterocycles. The van der Waals surface area contributed by atoms with Crippen molar-refractivity contribution in [2.45, 2.75) is 32.1 Å². The maximum atomic E-state index is 12.7. The van der Waals surface area contributed by atoms with Gasteiger partial charge in [-0.05, 0) is 74.0 Å². The normalized spacial score (nSPS) is 34.9. The van der Waals surface area contributed by atoms with Gasteiger partial charge in [-0.15, -0.1) is 0 Å². The van der Waals surface area contributed by atoms with Crippen molar-refractivity contribution in [3.8, 4) is 0 Å². The van der Waals surface area contributed by atoms with Gasteiger partial charge in [0.15, 0.2) is 5.78 Å². The highest BCUT2D eigenvalue weighted by Gasteiger charge is 2.50. The van der Waals surface area contributed by atoms with Crippen LogP contribution in [-0.2, 0) is 4.79 Å². The fourth-order valence-corrected chi connectivity index (χ4v) is 5.47. The number of ketones is 1. The van der Waals surface area contributed by atoms with Crippen LogP contribution in [0.15, 0.2) is 30.3 Å². The van der Waals surface area contributed by atoms with Crippen molar-refractivity contribution in [2.75, 3.05) is 0 Å². The SMILES string of the molecule is O=C(/C=C/c1ccccc1[N+](=O)[O-])C1C2CC3CC(C2)CC1C3. The molecule has 5 rings (SSSR count). The molecule has 1 aromatic rings. The van der Waals surface area contributed by atoms with E-state index >= 15 is 0 Å². The zero-order valence-corrected chi connectivity index (χ0v) is 13.1. The quantitative estimate of drug-likeness (QED) is 0.474. The molecule has 0 spiro atoms. The fourth-order valence-electron chi connectivity index (χ4n) is 5.47. The van der Waals surface area contributed by atoms with Crippen LogP contribution in [0.25, 0.3) is 6.08 Å². The molecule has 0 unspecified atom stereocenters. The molecule has 0 aliphatic heterocycles. The highest BCUT2D eigenvalue weighted by molar-refractivity contribution is 5.96. The first-order chi connectivity index (χ1) is 11.1. The molecule has 120 valence electrons. The molecule has 0 atom stereocenters. The second-order valence-electron chi connectivity index (χ2n) is 7.51. The van der Waals surface area contributed by atoms with Crippen molar-refractivity contribution in [3.63, 3.8) is 0 Å². The van der Waals surface area contributed by atoms with E-state index in [0.29, 0.717) is 17.4 Å². The standard InChI is InChI=1S/C19H21NO3/c21-18(6-5-14-3-1-2-4-17(14)20(22)23)19-15-8-12-7-13(10-15)11-16(19)9-12/h1-6,12-13,15-16,19H,7-11H2/b6-5+. The molecule has 0 heterocycles. The van der Waals surface area contributed by atoms with Gasteiger partial charge in [0.2, 0.25) is 0 Å². The van der Waals surface area contributed by atoms with Gasteiger partial charge in [0.25, 0.3) is 5.69 Å². The number of rotatable bonds is 4. The number of allylic oxidation sites excluding steroid dienone is 1. The number of carbonyl (C=O) groups excluding carboxylic acids is 1. The average molecular weight is 311 g/mol. The number of para-hydroxylation sites is 1. The van der Waals surface area contributed by atoms with E-state index in [0.717, 1.165) is 11.8 Å². The first-order valence-electron chi connectivity index (χ1n) is 8.57. The minimum Gasteiger partial charge on any atom is -0.295 e. The lowest BCUT2D eigenvalue weighted by Gasteiger charge is -2.53. The molecule has 1 aromatic carbocycles. The fraction of sp³-hybridized carbons (Fsp3) is 0.526. The van der Waals surface area contributed by atoms with Crippen LogP contribution in [0.1, 0.15) is 37.7 Å². The minimum absolute atomic E-state index is 0.0571. The van der Waals surface area contributed by atoms with E-state index < -0.39 is 4.92 Å². The van der Waals surface area contributed by atoms with Crippen molar-refractivity contribution in [1.82, 2.24) is 0 Å². The maximum Gasteiger partial charge on any atom is 0.276 e. The molecular weight excluding hydrogens is 290 g/mol. The third kappa shape index (κ3) is 2.60. The van der Waals surface area contributed by atoms with Crippen molar-refractivity contribution in [1.29, 1.82) is 0 Å². The molecular formula is C19H21NO3. The van der Waals surface area contributed by atoms with Crippen LogP contribution < -0.4 is 0 Å². The third-order valence-electron chi connectivity index (χ3n) is 6.12. The Bertz CT molecular complexity index is 651. The number of carbonyl (C=O) groups is 1. The number of nitrogens with zero attached hydrogens (tertiary/aromatic N) is 1. The second kappa shape index (κ2) is 5.59. The summed E-state index contributed by atoms with van der Waals surface area (Å²) < 4.78 is 0. The summed E-state index contributed by atoms with van der Waals surface area (Å²) in [7, 11) is 0. The van der Waals surface area contributed by atoms with Crippen molar-refractivity contribution in [2.24, 2.45) is 29.6 Å². The molecule has 4 nitrogen and oxygen atoms in total. The van der Waals surface area contributed by atoms with Crippen LogP contribution in [-0.4, -0.2) is 10.7 Å². The molecule has 4 saturated carbocycles. The van der Waals surface area contributed by atoms with Gasteiger partial charge in [0, 0.05) is 12.0 Å². The summed E-state index contributed by atoms with van der Waals surface area (Å²) >= 11 is 0. The Morgan fingerprint density at radius 2 is 1.65 bits per heavy atom. The van der Waals surface area contributed by atoms with Gasteiger partial charge in [0.1, 0.15) is 0 Å². The number of benzene rings is 1. The van der Waals surface area contributed by atoms with Gasteiger partial charge in [-0.25, -0.2) is 0 Å². The van der Waals surface area contributed by atoms with E-state index in [2.05, 4.69) is 0 Å². The first-order valence-corrected chi connectivity index (χ1v) is 8.57. The molecule has 0 N–H and O–H groups in total. The van der Waals surface area contributed by atoms with Gasteiger partial charge in [-0.3, -0.25) is 14.9 Å². The number of nitro groups is 1. The van der Waals surface area contributed by atoms with E-state index in [1.807, 2.05) is 0 Å². The third-order valence-corrected chi connectivity index (χ3v) is 6.12. The summed E-state index contributed by atoms with van der Waals surface area (Å²) in [5, 5.41) is 11.1. The zero-order chi connectivity index (χ0) is 16.0. The Kier molecular flexibility index (Phi) is 3.55. The lowest BCUT2D eigenvalue weighted by atomic mass is 9.51. The van der Waals surface area contributed by atoms with Gasteiger partial charge >= 0.3 is 0 Å². The highest BCUT2D eigenvalue weighted by atomic mass is 16.6. The molecule has 0 radical (unpaired) electrons. The molecule has 4 fully saturated rings. The summed E-state index contributed by atoms with van der Waals surface area (Å²) in [4.78, 5) is 23.4. The highest BCUT2D eigenvalue weighted by Crippen LogP contribution is 2.56. The summed E-state index contributed by atoms with van der Waals surface area (Å²) in [5.74, 6) is 3.13. The van der Waals surface area contributed by atoms with Crippen LogP contribution in [0.4, 0.5) is 5.69 Å². The van der Waals surface area contributed by atoms with Crippen molar-refractivity contribution >= 4 is 17.5 Å². The van der Waals surface area contributed by atoms with Crippen LogP contribution in [0, 0.1) is 39.7 Å². The first kappa shape index (κ1) is 14.6. The predicted molar refractivity (Wildman–Crippen MR) is 87.7 cm³/mol. The van der Waals surface area contributed by atoms with E-state index in [-0.39, 0.29) is 17.4 Å². The minimum atomic E-state index is -0.396. The van der Waals surface area contributed by atoms with Gasteiger partial charge < -0.3 is 0 Å². The van der Waals surface area contributed by atoms with Gasteiger partial charge in [-0.1, -0.05) is 12.1 Å². The van der Waals surface area contributed by atoms with Crippen LogP contribution in [0.2, 0.25) is 0 Å². The topological polar surface area (TPSA) is 60.2 Å². The van der Waals surface area contributed by atoms with E-state index in [1.165, 1.54) is 38.2 Å². The van der Waals surface area contributed by atoms with Crippen LogP contribution in [0.3, 0.4) is 0 Å². The average Bonchev–Trinajstić information content (AvgIpc) is 2.52. The predicted octanol–water partition coefficient (Wildman–Crippen LogP) is 4.25. The van der Waals surface area contributed by atoms with E-state index in [4.69, 9.17) is 0 Å². The molecule has 4 heteroatoms. The Hall–Kier alpha value is -1.97. The summed E-state index contributed by atoms with van der Waals surface area (Å²) in [5.41, 5.74) is 0.566. The Labute approximate surface area is 135 Å². The molecule has 4 aliphatic carbocycles. The number of hydrogen-bond donors (Lipinski definition) is 0. The van der Waals surface area contributed by atoms with Crippen LogP contribution in [0.5, 0.6) is 0 Å². The smallest absolute Gasteiger partial charge is 0.276 e. The number of hydrogen-bond acceptors (Lipinski definition) is 3. The molecule has 0 amide bonds. The zero-order valence-electron chi connectivity index (χ0n) is 13.1. The summed E-state index contributed by atoms with van der Waals surface area (Å²) in [6.07, 6.45) is 9.44. The Morgan fingerprint density at radius 3 is 2.26 bits per heavy atom. The van der Waals surface area contributed by atoms with E-state index in [1.54, 1.807) is 30.4 Å². The second-order valence-corrected chi connectivity index (χ2v) is 7.51. The Balaban J connectivity index is 1.53. The monoisotopic (exact) mass is 311 g/mol. The lowest BCUT2D eigenvalue weighted by Crippen LogP contribution is -2.47. The van der Waals surface area contributed by atoms with Crippen LogP contribution >= 0.6 is 0 Å². The number of nitro benzene ring substituents is 1. The Morgan fingerprint density at radius 1 is 1.04 bits per heavy atom. The molecule has 4 bridgehead atoms. The lowest BCUT2D eigenvalue weighted by molar-refractivity contribution is -0.385. The van der Waals surface area contributed by atoms with Gasteiger partial charge in [-0.2, -0.15) is 0 Å². The van der Waals surface area contributed by atoms with Gasteiger partial charge in [0.05, 0.1) is 10.5 Å². The van der Waals surface area contributed by atoms with Crippen molar-refractivity contribution in [3.05, 3.63) is 46.0 Å². The summed E-state index contributed by atoms with van der Waals surface area (Å²) in [6.45, 7) is 0. The molecule has 4 aliphatic rings. The van der Waals surface area contributed by atoms with Crippen molar-refractivity contribution < 1.29 is 9.72 Å².